The number of ether oxygens (including phenoxy) is 1. The van der Waals surface area contributed by atoms with Crippen molar-refractivity contribution in [2.24, 2.45) is 5.92 Å². The highest BCUT2D eigenvalue weighted by Gasteiger charge is 2.26. The number of halogens is 1. The Kier molecular flexibility index (Phi) is 4.14. The topological polar surface area (TPSA) is 64.1 Å². The van der Waals surface area contributed by atoms with Crippen LogP contribution >= 0.6 is 11.6 Å². The van der Waals surface area contributed by atoms with Crippen LogP contribution in [0, 0.1) is 5.92 Å². The fourth-order valence-electron chi connectivity index (χ4n) is 1.50. The molecule has 1 fully saturated rings. The molecule has 17 heavy (non-hydrogen) atoms. The zero-order valence-corrected chi connectivity index (χ0v) is 10.1. The smallest absolute Gasteiger partial charge is 0.308 e. The van der Waals surface area contributed by atoms with Gasteiger partial charge in [0.05, 0.1) is 12.5 Å². The summed E-state index contributed by atoms with van der Waals surface area (Å²) in [6.07, 6.45) is 3.07. The number of nitrogens with zero attached hydrogens (tertiary/aromatic N) is 2. The minimum Gasteiger partial charge on any atom is -0.464 e. The molecule has 1 aliphatic rings. The molecule has 0 saturated heterocycles. The van der Waals surface area contributed by atoms with E-state index in [1.807, 2.05) is 0 Å². The fraction of sp³-hybridized carbons (Fsp3) is 0.545. The molecule has 0 unspecified atom stereocenters. The number of hydrogen-bond donors (Lipinski definition) is 1. The van der Waals surface area contributed by atoms with Crippen LogP contribution in [0.5, 0.6) is 0 Å². The Morgan fingerprint density at radius 2 is 2.29 bits per heavy atom. The van der Waals surface area contributed by atoms with Gasteiger partial charge in [-0.15, -0.1) is 10.2 Å². The Morgan fingerprint density at radius 3 is 2.88 bits per heavy atom. The van der Waals surface area contributed by atoms with Crippen LogP contribution < -0.4 is 5.32 Å². The predicted molar refractivity (Wildman–Crippen MR) is 63.8 cm³/mol. The molecule has 92 valence electrons. The molecule has 0 atom stereocenters. The van der Waals surface area contributed by atoms with Gasteiger partial charge in [-0.3, -0.25) is 4.79 Å². The van der Waals surface area contributed by atoms with Gasteiger partial charge in [0.15, 0.2) is 5.15 Å². The van der Waals surface area contributed by atoms with Gasteiger partial charge in [0.1, 0.15) is 12.4 Å². The van der Waals surface area contributed by atoms with E-state index in [0.717, 1.165) is 19.3 Å². The van der Waals surface area contributed by atoms with Crippen molar-refractivity contribution >= 4 is 23.4 Å². The van der Waals surface area contributed by atoms with Gasteiger partial charge in [0, 0.05) is 0 Å². The first-order valence-corrected chi connectivity index (χ1v) is 6.03. The normalized spacial score (nSPS) is 15.1. The average Bonchev–Trinajstić information content (AvgIpc) is 2.24. The molecule has 1 aromatic rings. The molecule has 0 amide bonds. The van der Waals surface area contributed by atoms with Gasteiger partial charge >= 0.3 is 5.97 Å². The molecular weight excluding hydrogens is 242 g/mol. The van der Waals surface area contributed by atoms with Gasteiger partial charge in [-0.05, 0) is 25.0 Å². The van der Waals surface area contributed by atoms with E-state index in [1.165, 1.54) is 0 Å². The Morgan fingerprint density at radius 1 is 1.47 bits per heavy atom. The van der Waals surface area contributed by atoms with E-state index in [0.29, 0.717) is 24.1 Å². The molecule has 0 radical (unpaired) electrons. The lowest BCUT2D eigenvalue weighted by Crippen LogP contribution is -2.26. The Hall–Kier alpha value is -1.36. The maximum Gasteiger partial charge on any atom is 0.308 e. The molecular formula is C11H14ClN3O2. The van der Waals surface area contributed by atoms with Crippen molar-refractivity contribution in [2.45, 2.75) is 19.3 Å². The third kappa shape index (κ3) is 3.56. The van der Waals surface area contributed by atoms with E-state index in [4.69, 9.17) is 16.3 Å². The minimum absolute atomic E-state index is 0.0831. The van der Waals surface area contributed by atoms with Crippen molar-refractivity contribution < 1.29 is 9.53 Å². The molecule has 0 aliphatic heterocycles. The summed E-state index contributed by atoms with van der Waals surface area (Å²) in [7, 11) is 0. The molecule has 2 rings (SSSR count). The lowest BCUT2D eigenvalue weighted by atomic mass is 9.86. The van der Waals surface area contributed by atoms with Crippen molar-refractivity contribution in [1.29, 1.82) is 0 Å². The summed E-state index contributed by atoms with van der Waals surface area (Å²) in [4.78, 5) is 11.4. The summed E-state index contributed by atoms with van der Waals surface area (Å²) < 4.78 is 5.12. The van der Waals surface area contributed by atoms with Gasteiger partial charge in [-0.1, -0.05) is 18.0 Å². The maximum atomic E-state index is 11.4. The van der Waals surface area contributed by atoms with Gasteiger partial charge < -0.3 is 10.1 Å². The van der Waals surface area contributed by atoms with Crippen LogP contribution in [-0.4, -0.2) is 29.3 Å². The quantitative estimate of drug-likeness (QED) is 0.643. The number of rotatable bonds is 5. The summed E-state index contributed by atoms with van der Waals surface area (Å²) in [5.74, 6) is 0.666. The zero-order chi connectivity index (χ0) is 12.1. The second kappa shape index (κ2) is 5.82. The second-order valence-corrected chi connectivity index (χ2v) is 4.35. The molecule has 0 spiro atoms. The number of esters is 1. The van der Waals surface area contributed by atoms with Crippen molar-refractivity contribution in [1.82, 2.24) is 10.2 Å². The van der Waals surface area contributed by atoms with E-state index in [2.05, 4.69) is 15.5 Å². The van der Waals surface area contributed by atoms with Crippen LogP contribution in [0.1, 0.15) is 19.3 Å². The number of nitrogens with one attached hydrogen (secondary N) is 1. The fourth-order valence-corrected chi connectivity index (χ4v) is 1.60. The first-order chi connectivity index (χ1) is 8.25. The number of anilines is 1. The van der Waals surface area contributed by atoms with Gasteiger partial charge in [0.2, 0.25) is 0 Å². The summed E-state index contributed by atoms with van der Waals surface area (Å²) in [5, 5.41) is 10.9. The number of hydrogen-bond acceptors (Lipinski definition) is 5. The van der Waals surface area contributed by atoms with E-state index >= 15 is 0 Å². The molecule has 6 heteroatoms. The third-order valence-corrected chi connectivity index (χ3v) is 2.92. The van der Waals surface area contributed by atoms with Gasteiger partial charge in [-0.25, -0.2) is 0 Å². The summed E-state index contributed by atoms with van der Waals surface area (Å²) in [5.41, 5.74) is 0. The van der Waals surface area contributed by atoms with E-state index in [9.17, 15) is 4.79 Å². The largest absolute Gasteiger partial charge is 0.464 e. The molecule has 0 bridgehead atoms. The third-order valence-electron chi connectivity index (χ3n) is 2.72. The standard InChI is InChI=1S/C11H14ClN3O2/c12-9-4-5-10(15-14-9)13-6-7-17-11(16)8-2-1-3-8/h4-5,8H,1-3,6-7H2,(H,13,15). The van der Waals surface area contributed by atoms with Gasteiger partial charge in [-0.2, -0.15) is 0 Å². The van der Waals surface area contributed by atoms with Crippen LogP contribution in [-0.2, 0) is 9.53 Å². The van der Waals surface area contributed by atoms with E-state index < -0.39 is 0 Å². The first-order valence-electron chi connectivity index (χ1n) is 5.65. The number of aromatic nitrogens is 2. The Labute approximate surface area is 105 Å². The zero-order valence-electron chi connectivity index (χ0n) is 9.36. The lowest BCUT2D eigenvalue weighted by Gasteiger charge is -2.23. The monoisotopic (exact) mass is 255 g/mol. The summed E-state index contributed by atoms with van der Waals surface area (Å²) in [6, 6.07) is 3.38. The second-order valence-electron chi connectivity index (χ2n) is 3.96. The van der Waals surface area contributed by atoms with Crippen LogP contribution in [0.25, 0.3) is 0 Å². The predicted octanol–water partition coefficient (Wildman–Crippen LogP) is 1.89. The number of carbonyl (C=O) groups excluding carboxylic acids is 1. The lowest BCUT2D eigenvalue weighted by molar-refractivity contribution is -0.150. The average molecular weight is 256 g/mol. The van der Waals surface area contributed by atoms with Crippen LogP contribution in [0.2, 0.25) is 5.15 Å². The Balaban J connectivity index is 1.62. The molecule has 5 nitrogen and oxygen atoms in total. The Bertz CT molecular complexity index is 379. The van der Waals surface area contributed by atoms with E-state index in [-0.39, 0.29) is 11.9 Å². The summed E-state index contributed by atoms with van der Waals surface area (Å²) in [6.45, 7) is 0.869. The van der Waals surface area contributed by atoms with Crippen LogP contribution in [0.15, 0.2) is 12.1 Å². The SMILES string of the molecule is O=C(OCCNc1ccc(Cl)nn1)C1CCC1. The van der Waals surface area contributed by atoms with Crippen LogP contribution in [0.3, 0.4) is 0 Å². The maximum absolute atomic E-state index is 11.4. The molecule has 1 N–H and O–H groups in total. The molecule has 1 aromatic heterocycles. The van der Waals surface area contributed by atoms with Crippen molar-refractivity contribution in [3.8, 4) is 0 Å². The minimum atomic E-state index is -0.0831. The van der Waals surface area contributed by atoms with Crippen molar-refractivity contribution in [3.63, 3.8) is 0 Å². The van der Waals surface area contributed by atoms with Crippen molar-refractivity contribution in [3.05, 3.63) is 17.3 Å². The van der Waals surface area contributed by atoms with Crippen LogP contribution in [0.4, 0.5) is 5.82 Å². The first kappa shape index (κ1) is 12.1. The highest BCUT2D eigenvalue weighted by molar-refractivity contribution is 6.29. The molecule has 1 heterocycles. The highest BCUT2D eigenvalue weighted by Crippen LogP contribution is 2.27. The highest BCUT2D eigenvalue weighted by atomic mass is 35.5. The summed E-state index contributed by atoms with van der Waals surface area (Å²) >= 11 is 5.60. The molecule has 0 aromatic carbocycles. The number of carbonyl (C=O) groups is 1. The van der Waals surface area contributed by atoms with Gasteiger partial charge in [0.25, 0.3) is 0 Å². The molecule has 1 aliphatic carbocycles. The van der Waals surface area contributed by atoms with Crippen molar-refractivity contribution in [2.75, 3.05) is 18.5 Å². The molecule has 1 saturated carbocycles. The van der Waals surface area contributed by atoms with E-state index in [1.54, 1.807) is 12.1 Å².